The van der Waals surface area contributed by atoms with Crippen molar-refractivity contribution in [1.82, 2.24) is 29.2 Å². The summed E-state index contributed by atoms with van der Waals surface area (Å²) in [5, 5.41) is 5.70. The molecule has 192 valence electrons. The molecule has 2 aromatic carbocycles. The molecule has 1 aliphatic heterocycles. The van der Waals surface area contributed by atoms with Crippen molar-refractivity contribution >= 4 is 27.8 Å². The molecule has 9 heteroatoms. The Morgan fingerprint density at radius 3 is 2.74 bits per heavy atom. The van der Waals surface area contributed by atoms with Crippen LogP contribution in [0, 0.1) is 17.7 Å². The van der Waals surface area contributed by atoms with Gasteiger partial charge in [0.15, 0.2) is 5.65 Å². The minimum absolute atomic E-state index is 0.0972. The van der Waals surface area contributed by atoms with Gasteiger partial charge in [0.2, 0.25) is 5.91 Å². The number of aromatic nitrogens is 5. The summed E-state index contributed by atoms with van der Waals surface area (Å²) in [4.78, 5) is 36.0. The summed E-state index contributed by atoms with van der Waals surface area (Å²) in [6, 6.07) is 13.0. The van der Waals surface area contributed by atoms with Crippen molar-refractivity contribution in [3.8, 4) is 22.5 Å². The Hall–Kier alpha value is -4.27. The first-order valence-electron chi connectivity index (χ1n) is 13.0. The molecule has 0 spiro atoms. The lowest BCUT2D eigenvalue weighted by Gasteiger charge is -2.19. The zero-order valence-electron chi connectivity index (χ0n) is 21.0. The van der Waals surface area contributed by atoms with Gasteiger partial charge in [-0.2, -0.15) is 5.10 Å². The van der Waals surface area contributed by atoms with Gasteiger partial charge in [0.1, 0.15) is 17.0 Å². The van der Waals surface area contributed by atoms with Crippen LogP contribution in [-0.2, 0) is 18.4 Å². The van der Waals surface area contributed by atoms with Crippen LogP contribution >= 0.6 is 0 Å². The normalized spacial score (nSPS) is 17.6. The van der Waals surface area contributed by atoms with E-state index in [2.05, 4.69) is 10.1 Å². The average Bonchev–Trinajstić information content (AvgIpc) is 3.29. The number of amides is 1. The third kappa shape index (κ3) is 3.81. The van der Waals surface area contributed by atoms with E-state index < -0.39 is 5.82 Å². The van der Waals surface area contributed by atoms with Gasteiger partial charge < -0.3 is 9.88 Å². The molecule has 1 atom stereocenters. The Balaban J connectivity index is 1.27. The van der Waals surface area contributed by atoms with E-state index in [-0.39, 0.29) is 34.7 Å². The predicted octanol–water partition coefficient (Wildman–Crippen LogP) is 4.34. The van der Waals surface area contributed by atoms with E-state index in [0.717, 1.165) is 41.3 Å². The molecule has 1 saturated heterocycles. The summed E-state index contributed by atoms with van der Waals surface area (Å²) >= 11 is 0. The van der Waals surface area contributed by atoms with Crippen LogP contribution in [0.1, 0.15) is 19.3 Å². The number of hydrogen-bond donors (Lipinski definition) is 1. The average molecular weight is 511 g/mol. The molecule has 3 aromatic heterocycles. The van der Waals surface area contributed by atoms with E-state index in [1.165, 1.54) is 16.9 Å². The molecule has 0 radical (unpaired) electrons. The molecule has 8 nitrogen and oxygen atoms in total. The van der Waals surface area contributed by atoms with Crippen LogP contribution in [0.3, 0.4) is 0 Å². The second-order valence-corrected chi connectivity index (χ2v) is 10.5. The lowest BCUT2D eigenvalue weighted by atomic mass is 10.0. The highest BCUT2D eigenvalue weighted by Crippen LogP contribution is 2.34. The number of halogens is 1. The minimum Gasteiger partial charge on any atom is -0.361 e. The fraction of sp³-hybridized carbons (Fsp3) is 0.310. The SMILES string of the molecule is Cn1ncc2c(=O)n(C[C@@H]3CCN(C(=O)C4CC4)C3)c(-c3ccc(-c4ccc5cc[nH]c5c4)cc3F)nc21. The van der Waals surface area contributed by atoms with Crippen molar-refractivity contribution in [3.05, 3.63) is 71.0 Å². The van der Waals surface area contributed by atoms with E-state index >= 15 is 4.39 Å². The molecule has 4 heterocycles. The number of carbonyl (C=O) groups excluding carboxylic acids is 1. The van der Waals surface area contributed by atoms with Crippen molar-refractivity contribution in [2.24, 2.45) is 18.9 Å². The van der Waals surface area contributed by atoms with Crippen LogP contribution < -0.4 is 5.56 Å². The summed E-state index contributed by atoms with van der Waals surface area (Å²) in [6.07, 6.45) is 6.14. The highest BCUT2D eigenvalue weighted by atomic mass is 19.1. The van der Waals surface area contributed by atoms with E-state index in [0.29, 0.717) is 30.7 Å². The number of hydrogen-bond acceptors (Lipinski definition) is 4. The number of fused-ring (bicyclic) bond motifs is 2. The van der Waals surface area contributed by atoms with E-state index in [9.17, 15) is 9.59 Å². The Kier molecular flexibility index (Phi) is 5.21. The molecule has 38 heavy (non-hydrogen) atoms. The van der Waals surface area contributed by atoms with Crippen molar-refractivity contribution in [2.45, 2.75) is 25.8 Å². The lowest BCUT2D eigenvalue weighted by molar-refractivity contribution is -0.131. The summed E-state index contributed by atoms with van der Waals surface area (Å²) in [6.45, 7) is 1.67. The zero-order valence-corrected chi connectivity index (χ0v) is 21.0. The Bertz CT molecular complexity index is 1780. The van der Waals surface area contributed by atoms with Crippen molar-refractivity contribution in [3.63, 3.8) is 0 Å². The summed E-state index contributed by atoms with van der Waals surface area (Å²) in [7, 11) is 1.72. The molecule has 7 rings (SSSR count). The fourth-order valence-electron chi connectivity index (χ4n) is 5.62. The van der Waals surface area contributed by atoms with Crippen LogP contribution in [0.25, 0.3) is 44.5 Å². The smallest absolute Gasteiger partial charge is 0.264 e. The number of rotatable bonds is 5. The Morgan fingerprint density at radius 1 is 1.11 bits per heavy atom. The van der Waals surface area contributed by atoms with Gasteiger partial charge in [0, 0.05) is 44.3 Å². The van der Waals surface area contributed by atoms with Crippen LogP contribution in [0.2, 0.25) is 0 Å². The summed E-state index contributed by atoms with van der Waals surface area (Å²) < 4.78 is 18.9. The second-order valence-electron chi connectivity index (χ2n) is 10.5. The molecule has 2 aliphatic rings. The van der Waals surface area contributed by atoms with Gasteiger partial charge in [-0.3, -0.25) is 18.8 Å². The largest absolute Gasteiger partial charge is 0.361 e. The maximum Gasteiger partial charge on any atom is 0.264 e. The number of nitrogens with one attached hydrogen (secondary N) is 1. The number of likely N-dealkylation sites (tertiary alicyclic amines) is 1. The number of nitrogens with zero attached hydrogens (tertiary/aromatic N) is 5. The second kappa shape index (κ2) is 8.65. The highest BCUT2D eigenvalue weighted by Gasteiger charge is 2.37. The first-order chi connectivity index (χ1) is 18.5. The highest BCUT2D eigenvalue weighted by molar-refractivity contribution is 5.85. The van der Waals surface area contributed by atoms with Crippen LogP contribution in [-0.4, -0.2) is 48.2 Å². The number of carbonyl (C=O) groups is 1. The Labute approximate surface area is 217 Å². The monoisotopic (exact) mass is 510 g/mol. The van der Waals surface area contributed by atoms with Gasteiger partial charge in [0.05, 0.1) is 11.8 Å². The maximum atomic E-state index is 15.8. The fourth-order valence-corrected chi connectivity index (χ4v) is 5.62. The van der Waals surface area contributed by atoms with E-state index in [1.807, 2.05) is 41.4 Å². The van der Waals surface area contributed by atoms with Gasteiger partial charge in [-0.05, 0) is 66.0 Å². The third-order valence-corrected chi connectivity index (χ3v) is 7.91. The number of H-pyrrole nitrogens is 1. The van der Waals surface area contributed by atoms with E-state index in [1.54, 1.807) is 17.7 Å². The van der Waals surface area contributed by atoms with Gasteiger partial charge in [0.25, 0.3) is 5.56 Å². The molecule has 5 aromatic rings. The standard InChI is InChI=1S/C29H27FN6O2/c1-34-26-23(14-32-34)29(38)36(16-17-9-11-35(15-17)28(37)19-3-4-19)27(33-26)22-7-6-20(12-24(22)30)21-5-2-18-8-10-31-25(18)13-21/h2,5-8,10,12-14,17,19,31H,3-4,9,11,15-16H2,1H3/t17-/m1/s1. The first-order valence-corrected chi connectivity index (χ1v) is 13.0. The molecule has 1 aliphatic carbocycles. The first kappa shape index (κ1) is 22.9. The van der Waals surface area contributed by atoms with Crippen LogP contribution in [0.15, 0.2) is 59.7 Å². The number of aromatic amines is 1. The van der Waals surface area contributed by atoms with Crippen LogP contribution in [0.5, 0.6) is 0 Å². The topological polar surface area (TPSA) is 88.8 Å². The molecule has 1 saturated carbocycles. The summed E-state index contributed by atoms with van der Waals surface area (Å²) in [5.41, 5.74) is 3.05. The summed E-state index contributed by atoms with van der Waals surface area (Å²) in [5.74, 6) is 0.320. The predicted molar refractivity (Wildman–Crippen MR) is 143 cm³/mol. The number of benzene rings is 2. The molecule has 2 fully saturated rings. The molecule has 1 amide bonds. The van der Waals surface area contributed by atoms with Gasteiger partial charge >= 0.3 is 0 Å². The van der Waals surface area contributed by atoms with Crippen molar-refractivity contribution in [2.75, 3.05) is 13.1 Å². The van der Waals surface area contributed by atoms with Gasteiger partial charge in [-0.25, -0.2) is 9.37 Å². The third-order valence-electron chi connectivity index (χ3n) is 7.91. The molecule has 0 bridgehead atoms. The van der Waals surface area contributed by atoms with Gasteiger partial charge in [-0.15, -0.1) is 0 Å². The quantitative estimate of drug-likeness (QED) is 0.381. The molecular formula is C29H27FN6O2. The maximum absolute atomic E-state index is 15.8. The zero-order chi connectivity index (χ0) is 26.0. The number of aryl methyl sites for hydroxylation is 1. The minimum atomic E-state index is -0.451. The van der Waals surface area contributed by atoms with Crippen LogP contribution in [0.4, 0.5) is 4.39 Å². The van der Waals surface area contributed by atoms with Crippen molar-refractivity contribution < 1.29 is 9.18 Å². The molecule has 1 N–H and O–H groups in total. The molecular weight excluding hydrogens is 483 g/mol. The lowest BCUT2D eigenvalue weighted by Crippen LogP contribution is -2.32. The van der Waals surface area contributed by atoms with Crippen molar-refractivity contribution in [1.29, 1.82) is 0 Å². The van der Waals surface area contributed by atoms with Gasteiger partial charge in [-0.1, -0.05) is 18.2 Å². The van der Waals surface area contributed by atoms with E-state index in [4.69, 9.17) is 4.98 Å². The molecule has 0 unspecified atom stereocenters. The Morgan fingerprint density at radius 2 is 1.92 bits per heavy atom.